The monoisotopic (exact) mass is 463 g/mol. The van der Waals surface area contributed by atoms with Crippen LogP contribution in [0.4, 0.5) is 4.39 Å². The van der Waals surface area contributed by atoms with Crippen LogP contribution in [0.25, 0.3) is 21.9 Å². The lowest BCUT2D eigenvalue weighted by molar-refractivity contribution is 0.153. The molecular weight excluding hydrogens is 437 g/mol. The van der Waals surface area contributed by atoms with E-state index >= 15 is 0 Å². The number of hydrogen-bond donors (Lipinski definition) is 2. The molecule has 0 bridgehead atoms. The van der Waals surface area contributed by atoms with E-state index in [0.717, 1.165) is 22.6 Å². The first kappa shape index (κ1) is 23.8. The summed E-state index contributed by atoms with van der Waals surface area (Å²) in [5.74, 6) is -0.106. The molecule has 1 aromatic carbocycles. The van der Waals surface area contributed by atoms with Gasteiger partial charge in [-0.25, -0.2) is 23.3 Å². The number of fused-ring (bicyclic) bond motifs is 1. The van der Waals surface area contributed by atoms with Crippen molar-refractivity contribution in [2.75, 3.05) is 19.4 Å². The molecule has 0 aliphatic carbocycles. The highest BCUT2D eigenvalue weighted by atomic mass is 32.2. The fraction of sp³-hybridized carbons (Fsp3) is 0.364. The number of pyridine rings is 2. The molecule has 2 aromatic heterocycles. The van der Waals surface area contributed by atoms with Gasteiger partial charge in [-0.1, -0.05) is 6.07 Å². The van der Waals surface area contributed by atoms with E-state index < -0.39 is 26.0 Å². The predicted octanol–water partition coefficient (Wildman–Crippen LogP) is 2.77. The number of hydroxylamine groups is 1. The van der Waals surface area contributed by atoms with E-state index in [2.05, 4.69) is 4.98 Å². The number of aryl methyl sites for hydroxylation is 1. The van der Waals surface area contributed by atoms with Gasteiger partial charge in [-0.3, -0.25) is 4.79 Å². The number of sulfone groups is 1. The molecule has 3 rings (SSSR count). The van der Waals surface area contributed by atoms with Gasteiger partial charge in [0.1, 0.15) is 5.82 Å². The van der Waals surface area contributed by atoms with Crippen molar-refractivity contribution in [2.24, 2.45) is 0 Å². The number of nitrogens with zero attached hydrogens (tertiary/aromatic N) is 2. The van der Waals surface area contributed by atoms with Gasteiger partial charge in [-0.2, -0.15) is 0 Å². The third kappa shape index (κ3) is 4.82. The molecule has 0 fully saturated rings. The van der Waals surface area contributed by atoms with Crippen molar-refractivity contribution >= 4 is 20.6 Å². The molecule has 172 valence electrons. The summed E-state index contributed by atoms with van der Waals surface area (Å²) < 4.78 is 44.4. The van der Waals surface area contributed by atoms with Crippen LogP contribution in [0.1, 0.15) is 20.3 Å². The van der Waals surface area contributed by atoms with E-state index in [9.17, 15) is 17.6 Å². The summed E-state index contributed by atoms with van der Waals surface area (Å²) in [7, 11) is -3.55. The lowest BCUT2D eigenvalue weighted by atomic mass is 10.0. The third-order valence-electron chi connectivity index (χ3n) is 5.63. The Kier molecular flexibility index (Phi) is 6.97. The van der Waals surface area contributed by atoms with Crippen LogP contribution in [0.3, 0.4) is 0 Å². The Labute approximate surface area is 185 Å². The summed E-state index contributed by atoms with van der Waals surface area (Å²) >= 11 is 0. The van der Waals surface area contributed by atoms with E-state index in [0.29, 0.717) is 18.1 Å². The van der Waals surface area contributed by atoms with Crippen molar-refractivity contribution < 1.29 is 22.8 Å². The van der Waals surface area contributed by atoms with Crippen molar-refractivity contribution in [3.63, 3.8) is 0 Å². The molecule has 0 saturated heterocycles. The number of aromatic nitrogens is 2. The SMILES string of the molecule is CCOc1ccc(-c2ccc3c(=O)n(CCC(C)(CNO)S(C)(=O)=O)cc(F)c3c2)cn1. The number of halogens is 1. The molecule has 0 amide bonds. The minimum absolute atomic E-state index is 0.0141. The second kappa shape index (κ2) is 9.35. The lowest BCUT2D eigenvalue weighted by Crippen LogP contribution is -2.44. The normalized spacial score (nSPS) is 13.8. The Balaban J connectivity index is 1.94. The zero-order chi connectivity index (χ0) is 23.5. The van der Waals surface area contributed by atoms with Crippen LogP contribution < -0.4 is 15.8 Å². The molecule has 8 nitrogen and oxygen atoms in total. The molecule has 0 radical (unpaired) electrons. The van der Waals surface area contributed by atoms with Gasteiger partial charge in [-0.05, 0) is 44.0 Å². The van der Waals surface area contributed by atoms with Crippen LogP contribution in [0.2, 0.25) is 0 Å². The van der Waals surface area contributed by atoms with Gasteiger partial charge in [0.15, 0.2) is 9.84 Å². The number of nitrogens with one attached hydrogen (secondary N) is 1. The Bertz CT molecular complexity index is 1280. The molecule has 10 heteroatoms. The van der Waals surface area contributed by atoms with Gasteiger partial charge in [-0.15, -0.1) is 0 Å². The van der Waals surface area contributed by atoms with Crippen LogP contribution in [-0.4, -0.2) is 47.3 Å². The van der Waals surface area contributed by atoms with Crippen LogP contribution in [0.5, 0.6) is 5.88 Å². The minimum atomic E-state index is -3.55. The largest absolute Gasteiger partial charge is 0.478 e. The van der Waals surface area contributed by atoms with Crippen molar-refractivity contribution in [1.82, 2.24) is 15.0 Å². The maximum atomic E-state index is 14.9. The van der Waals surface area contributed by atoms with Crippen molar-refractivity contribution in [3.8, 4) is 17.0 Å². The zero-order valence-electron chi connectivity index (χ0n) is 18.1. The average molecular weight is 464 g/mol. The van der Waals surface area contributed by atoms with Gasteiger partial charge in [0.25, 0.3) is 5.56 Å². The summed E-state index contributed by atoms with van der Waals surface area (Å²) in [6, 6.07) is 8.37. The van der Waals surface area contributed by atoms with Crippen LogP contribution in [-0.2, 0) is 16.4 Å². The maximum Gasteiger partial charge on any atom is 0.258 e. The first-order chi connectivity index (χ1) is 15.1. The molecule has 32 heavy (non-hydrogen) atoms. The fourth-order valence-corrected chi connectivity index (χ4v) is 4.20. The molecule has 2 N–H and O–H groups in total. The second-order valence-electron chi connectivity index (χ2n) is 7.86. The zero-order valence-corrected chi connectivity index (χ0v) is 18.9. The Morgan fingerprint density at radius 3 is 2.53 bits per heavy atom. The van der Waals surface area contributed by atoms with Gasteiger partial charge in [0.05, 0.1) is 16.7 Å². The summed E-state index contributed by atoms with van der Waals surface area (Å²) in [5.41, 5.74) is 2.91. The van der Waals surface area contributed by atoms with Gasteiger partial charge >= 0.3 is 0 Å². The summed E-state index contributed by atoms with van der Waals surface area (Å²) in [6.45, 7) is 3.59. The number of benzene rings is 1. The van der Waals surface area contributed by atoms with E-state index in [-0.39, 0.29) is 30.3 Å². The fourth-order valence-electron chi connectivity index (χ4n) is 3.41. The van der Waals surface area contributed by atoms with E-state index in [1.165, 1.54) is 6.92 Å². The molecule has 0 saturated carbocycles. The topological polar surface area (TPSA) is 111 Å². The minimum Gasteiger partial charge on any atom is -0.478 e. The highest BCUT2D eigenvalue weighted by Gasteiger charge is 2.35. The van der Waals surface area contributed by atoms with E-state index in [1.54, 1.807) is 36.5 Å². The smallest absolute Gasteiger partial charge is 0.258 e. The number of hydrogen-bond acceptors (Lipinski definition) is 7. The lowest BCUT2D eigenvalue weighted by Gasteiger charge is -2.27. The molecule has 0 aliphatic heterocycles. The van der Waals surface area contributed by atoms with E-state index in [1.807, 2.05) is 12.4 Å². The predicted molar refractivity (Wildman–Crippen MR) is 120 cm³/mol. The Hall–Kier alpha value is -2.82. The highest BCUT2D eigenvalue weighted by molar-refractivity contribution is 7.92. The quantitative estimate of drug-likeness (QED) is 0.470. The first-order valence-corrected chi connectivity index (χ1v) is 12.0. The van der Waals surface area contributed by atoms with Crippen LogP contribution in [0, 0.1) is 5.82 Å². The molecular formula is C22H26FN3O5S. The second-order valence-corrected chi connectivity index (χ2v) is 10.4. The number of ether oxygens (including phenoxy) is 1. The van der Waals surface area contributed by atoms with E-state index in [4.69, 9.17) is 9.94 Å². The number of rotatable bonds is 9. The van der Waals surface area contributed by atoms with Crippen molar-refractivity contribution in [1.29, 1.82) is 0 Å². The Morgan fingerprint density at radius 2 is 1.94 bits per heavy atom. The average Bonchev–Trinajstić information content (AvgIpc) is 2.75. The molecule has 3 aromatic rings. The standard InChI is InChI=1S/C22H26FN3O5S/c1-4-31-20-8-6-16(12-24-20)15-5-7-17-18(11-15)19(23)13-26(21(17)27)10-9-22(2,14-25-28)32(3,29)30/h5-8,11-13,25,28H,4,9-10,14H2,1-3H3. The molecule has 1 atom stereocenters. The van der Waals surface area contributed by atoms with Gasteiger partial charge < -0.3 is 14.5 Å². The Morgan fingerprint density at radius 1 is 1.22 bits per heavy atom. The molecule has 2 heterocycles. The van der Waals surface area contributed by atoms with Gasteiger partial charge in [0, 0.05) is 48.8 Å². The van der Waals surface area contributed by atoms with Crippen molar-refractivity contribution in [2.45, 2.75) is 31.6 Å². The van der Waals surface area contributed by atoms with Gasteiger partial charge in [0.2, 0.25) is 5.88 Å². The maximum absolute atomic E-state index is 14.9. The first-order valence-electron chi connectivity index (χ1n) is 10.1. The van der Waals surface area contributed by atoms with Crippen LogP contribution in [0.15, 0.2) is 47.5 Å². The molecule has 0 spiro atoms. The van der Waals surface area contributed by atoms with Crippen molar-refractivity contribution in [3.05, 3.63) is 58.9 Å². The summed E-state index contributed by atoms with van der Waals surface area (Å²) in [6.07, 6.45) is 3.78. The summed E-state index contributed by atoms with van der Waals surface area (Å²) in [5, 5.41) is 9.37. The third-order valence-corrected chi connectivity index (χ3v) is 7.77. The molecule has 1 unspecified atom stereocenters. The molecule has 0 aliphatic rings. The highest BCUT2D eigenvalue weighted by Crippen LogP contribution is 2.26. The van der Waals surface area contributed by atoms with Crippen LogP contribution >= 0.6 is 0 Å². The summed E-state index contributed by atoms with van der Waals surface area (Å²) in [4.78, 5) is 17.1.